The molecule has 2 fully saturated rings. The molecule has 2 saturated carbocycles. The molecular weight excluding hydrogens is 174 g/mol. The Morgan fingerprint density at radius 1 is 1.29 bits per heavy atom. The highest BCUT2D eigenvalue weighted by molar-refractivity contribution is 5.93. The van der Waals surface area contributed by atoms with E-state index in [4.69, 9.17) is 4.84 Å². The molecule has 0 aromatic rings. The van der Waals surface area contributed by atoms with Crippen molar-refractivity contribution in [3.63, 3.8) is 0 Å². The van der Waals surface area contributed by atoms with Crippen molar-refractivity contribution in [3.8, 4) is 0 Å². The van der Waals surface area contributed by atoms with Crippen molar-refractivity contribution in [1.82, 2.24) is 0 Å². The molecular formula is C12H19NO. The van der Waals surface area contributed by atoms with Gasteiger partial charge in [-0.05, 0) is 37.0 Å². The molecule has 78 valence electrons. The molecule has 0 aromatic carbocycles. The summed E-state index contributed by atoms with van der Waals surface area (Å²) in [7, 11) is 0. The largest absolute Gasteiger partial charge is 0.392 e. The molecule has 14 heavy (non-hydrogen) atoms. The molecule has 3 aliphatic rings. The van der Waals surface area contributed by atoms with E-state index < -0.39 is 0 Å². The van der Waals surface area contributed by atoms with Gasteiger partial charge in [0, 0.05) is 0 Å². The van der Waals surface area contributed by atoms with E-state index in [1.165, 1.54) is 31.4 Å². The monoisotopic (exact) mass is 193 g/mol. The first-order valence-corrected chi connectivity index (χ1v) is 5.78. The van der Waals surface area contributed by atoms with Gasteiger partial charge in [0.15, 0.2) is 0 Å². The fourth-order valence-electron chi connectivity index (χ4n) is 4.07. The lowest BCUT2D eigenvalue weighted by Crippen LogP contribution is -2.48. The first-order chi connectivity index (χ1) is 6.55. The van der Waals surface area contributed by atoms with E-state index in [1.54, 1.807) is 0 Å². The van der Waals surface area contributed by atoms with Gasteiger partial charge in [-0.1, -0.05) is 25.9 Å². The van der Waals surface area contributed by atoms with E-state index in [0.717, 1.165) is 5.92 Å². The van der Waals surface area contributed by atoms with Crippen molar-refractivity contribution in [1.29, 1.82) is 0 Å². The van der Waals surface area contributed by atoms with Crippen LogP contribution in [0.5, 0.6) is 0 Å². The van der Waals surface area contributed by atoms with Crippen LogP contribution >= 0.6 is 0 Å². The molecule has 2 heteroatoms. The van der Waals surface area contributed by atoms with E-state index in [0.29, 0.717) is 11.5 Å². The van der Waals surface area contributed by atoms with Crippen LogP contribution in [0.15, 0.2) is 5.16 Å². The molecule has 0 bridgehead atoms. The van der Waals surface area contributed by atoms with Gasteiger partial charge in [-0.3, -0.25) is 0 Å². The Balaban J connectivity index is 2.07. The molecule has 3 atom stereocenters. The highest BCUT2D eigenvalue weighted by atomic mass is 16.6. The van der Waals surface area contributed by atoms with Crippen LogP contribution in [0.3, 0.4) is 0 Å². The smallest absolute Gasteiger partial charge is 0.138 e. The third-order valence-electron chi connectivity index (χ3n) is 4.97. The lowest BCUT2D eigenvalue weighted by atomic mass is 9.56. The zero-order valence-corrected chi connectivity index (χ0v) is 9.34. The van der Waals surface area contributed by atoms with Crippen molar-refractivity contribution < 1.29 is 4.84 Å². The van der Waals surface area contributed by atoms with E-state index >= 15 is 0 Å². The lowest BCUT2D eigenvalue weighted by molar-refractivity contribution is -0.0670. The number of hydrogen-bond donors (Lipinski definition) is 0. The maximum atomic E-state index is 5.58. The minimum absolute atomic E-state index is 0.280. The fraction of sp³-hybridized carbons (Fsp3) is 0.917. The maximum Gasteiger partial charge on any atom is 0.138 e. The van der Waals surface area contributed by atoms with E-state index in [9.17, 15) is 0 Å². The Bertz CT molecular complexity index is 307. The minimum atomic E-state index is 0.280. The topological polar surface area (TPSA) is 21.6 Å². The average Bonchev–Trinajstić information content (AvgIpc) is 2.57. The summed E-state index contributed by atoms with van der Waals surface area (Å²) in [4.78, 5) is 5.58. The van der Waals surface area contributed by atoms with Crippen LogP contribution in [0, 0.1) is 16.7 Å². The van der Waals surface area contributed by atoms with Crippen molar-refractivity contribution in [2.24, 2.45) is 21.9 Å². The summed E-state index contributed by atoms with van der Waals surface area (Å²) < 4.78 is 0. The van der Waals surface area contributed by atoms with Crippen molar-refractivity contribution >= 4 is 5.71 Å². The van der Waals surface area contributed by atoms with Crippen LogP contribution in [0.1, 0.15) is 46.5 Å². The summed E-state index contributed by atoms with van der Waals surface area (Å²) >= 11 is 0. The minimum Gasteiger partial charge on any atom is -0.392 e. The number of rotatable bonds is 0. The summed E-state index contributed by atoms with van der Waals surface area (Å²) in [6, 6.07) is 0. The maximum absolute atomic E-state index is 5.58. The van der Waals surface area contributed by atoms with Crippen LogP contribution in [-0.4, -0.2) is 11.8 Å². The third kappa shape index (κ3) is 0.807. The summed E-state index contributed by atoms with van der Waals surface area (Å²) in [5, 5.41) is 4.29. The molecule has 0 N–H and O–H groups in total. The fourth-order valence-corrected chi connectivity index (χ4v) is 4.07. The van der Waals surface area contributed by atoms with Gasteiger partial charge in [0.2, 0.25) is 0 Å². The van der Waals surface area contributed by atoms with Gasteiger partial charge < -0.3 is 4.84 Å². The quantitative estimate of drug-likeness (QED) is 0.579. The Labute approximate surface area is 85.7 Å². The van der Waals surface area contributed by atoms with Crippen LogP contribution in [0.4, 0.5) is 0 Å². The molecule has 0 saturated heterocycles. The van der Waals surface area contributed by atoms with E-state index in [1.807, 2.05) is 0 Å². The normalized spacial score (nSPS) is 48.4. The molecule has 1 heterocycles. The lowest BCUT2D eigenvalue weighted by Gasteiger charge is -2.47. The number of nitrogens with zero attached hydrogens (tertiary/aromatic N) is 1. The molecule has 0 radical (unpaired) electrons. The van der Waals surface area contributed by atoms with Gasteiger partial charge in [0.05, 0.1) is 11.1 Å². The first kappa shape index (κ1) is 8.75. The predicted octanol–water partition coefficient (Wildman–Crippen LogP) is 2.98. The number of oxime groups is 1. The average molecular weight is 193 g/mol. The first-order valence-electron chi connectivity index (χ1n) is 5.78. The number of hydrogen-bond acceptors (Lipinski definition) is 2. The summed E-state index contributed by atoms with van der Waals surface area (Å²) in [5.74, 6) is 0.787. The van der Waals surface area contributed by atoms with Gasteiger partial charge in [0.1, 0.15) is 6.10 Å². The summed E-state index contributed by atoms with van der Waals surface area (Å²) in [6.07, 6.45) is 5.36. The summed E-state index contributed by atoms with van der Waals surface area (Å²) in [5.41, 5.74) is 2.11. The molecule has 0 unspecified atom stereocenters. The van der Waals surface area contributed by atoms with Crippen molar-refractivity contribution in [3.05, 3.63) is 0 Å². The predicted molar refractivity (Wildman–Crippen MR) is 56.2 cm³/mol. The molecule has 3 rings (SSSR count). The third-order valence-corrected chi connectivity index (χ3v) is 4.97. The zero-order valence-electron chi connectivity index (χ0n) is 9.34. The molecule has 2 aliphatic carbocycles. The van der Waals surface area contributed by atoms with Crippen molar-refractivity contribution in [2.45, 2.75) is 52.6 Å². The second kappa shape index (κ2) is 2.34. The van der Waals surface area contributed by atoms with Crippen LogP contribution in [-0.2, 0) is 4.84 Å². The van der Waals surface area contributed by atoms with Gasteiger partial charge >= 0.3 is 0 Å². The van der Waals surface area contributed by atoms with E-state index in [-0.39, 0.29) is 5.41 Å². The molecule has 1 aliphatic heterocycles. The Morgan fingerprint density at radius 2 is 2.07 bits per heavy atom. The van der Waals surface area contributed by atoms with E-state index in [2.05, 4.69) is 25.9 Å². The molecule has 0 amide bonds. The van der Waals surface area contributed by atoms with Gasteiger partial charge in [-0.2, -0.15) is 0 Å². The van der Waals surface area contributed by atoms with Crippen molar-refractivity contribution in [2.75, 3.05) is 0 Å². The Morgan fingerprint density at radius 3 is 2.86 bits per heavy atom. The molecule has 2 nitrogen and oxygen atoms in total. The van der Waals surface area contributed by atoms with Gasteiger partial charge in [-0.15, -0.1) is 0 Å². The molecule has 0 aromatic heterocycles. The standard InChI is InChI=1S/C12H19NO/c1-11(2)7-6-10-12(3)8(11)4-5-9(12)13-14-10/h8,10H,4-7H2,1-3H3/t8-,10+,12+/m0/s1. The molecule has 0 spiro atoms. The van der Waals surface area contributed by atoms with Gasteiger partial charge in [0.25, 0.3) is 0 Å². The van der Waals surface area contributed by atoms with Crippen LogP contribution in [0.25, 0.3) is 0 Å². The van der Waals surface area contributed by atoms with Crippen LogP contribution < -0.4 is 0 Å². The second-order valence-corrected chi connectivity index (χ2v) is 6.03. The zero-order chi connectivity index (χ0) is 9.97. The highest BCUT2D eigenvalue weighted by Gasteiger charge is 2.61. The van der Waals surface area contributed by atoms with Gasteiger partial charge in [-0.25, -0.2) is 0 Å². The SMILES string of the molecule is CC1(C)CC[C@H]2ON=C3CC[C@@H]1[C@]32C. The Hall–Kier alpha value is -0.530. The second-order valence-electron chi connectivity index (χ2n) is 6.03. The summed E-state index contributed by atoms with van der Waals surface area (Å²) in [6.45, 7) is 7.21. The van der Waals surface area contributed by atoms with Crippen LogP contribution in [0.2, 0.25) is 0 Å². The highest BCUT2D eigenvalue weighted by Crippen LogP contribution is 2.60. The Kier molecular flexibility index (Phi) is 1.46.